The van der Waals surface area contributed by atoms with Crippen LogP contribution in [0.1, 0.15) is 41.6 Å². The molecule has 0 saturated heterocycles. The minimum absolute atomic E-state index is 0.0789. The van der Waals surface area contributed by atoms with E-state index in [1.54, 1.807) is 6.92 Å². The standard InChI is InChI=1S/C15H16F4O/c1-9-5-6-11(8-13(9)16)14(20)10-3-2-4-12(7-10)15(17,18)19/h5-6,8,10,12H,2-4,7H2,1H3. The van der Waals surface area contributed by atoms with Gasteiger partial charge in [0.05, 0.1) is 5.92 Å². The van der Waals surface area contributed by atoms with Gasteiger partial charge in [0, 0.05) is 11.5 Å². The number of carbonyl (C=O) groups excluding carboxylic acids is 1. The van der Waals surface area contributed by atoms with Crippen LogP contribution in [0.4, 0.5) is 17.6 Å². The highest BCUT2D eigenvalue weighted by Gasteiger charge is 2.43. The van der Waals surface area contributed by atoms with Crippen molar-refractivity contribution in [1.82, 2.24) is 0 Å². The van der Waals surface area contributed by atoms with Gasteiger partial charge in [-0.15, -0.1) is 0 Å². The summed E-state index contributed by atoms with van der Waals surface area (Å²) >= 11 is 0. The monoisotopic (exact) mass is 288 g/mol. The number of ketones is 1. The van der Waals surface area contributed by atoms with Crippen molar-refractivity contribution < 1.29 is 22.4 Å². The lowest BCUT2D eigenvalue weighted by atomic mass is 9.77. The fourth-order valence-electron chi connectivity index (χ4n) is 2.71. The van der Waals surface area contributed by atoms with Crippen LogP contribution in [0.5, 0.6) is 0 Å². The summed E-state index contributed by atoms with van der Waals surface area (Å²) < 4.78 is 51.6. The van der Waals surface area contributed by atoms with Crippen LogP contribution in [0.25, 0.3) is 0 Å². The summed E-state index contributed by atoms with van der Waals surface area (Å²) in [7, 11) is 0. The molecule has 2 rings (SSSR count). The highest BCUT2D eigenvalue weighted by molar-refractivity contribution is 5.98. The van der Waals surface area contributed by atoms with Crippen LogP contribution in [0.15, 0.2) is 18.2 Å². The Hall–Kier alpha value is -1.39. The highest BCUT2D eigenvalue weighted by atomic mass is 19.4. The highest BCUT2D eigenvalue weighted by Crippen LogP contribution is 2.40. The van der Waals surface area contributed by atoms with Gasteiger partial charge in [-0.1, -0.05) is 18.6 Å². The predicted molar refractivity (Wildman–Crippen MR) is 67.0 cm³/mol. The lowest BCUT2D eigenvalue weighted by Crippen LogP contribution is -2.31. The van der Waals surface area contributed by atoms with Gasteiger partial charge in [-0.2, -0.15) is 13.2 Å². The number of Topliss-reactive ketones (excluding diaryl/α,β-unsaturated/α-hetero) is 1. The zero-order valence-electron chi connectivity index (χ0n) is 11.1. The van der Waals surface area contributed by atoms with Crippen LogP contribution in [0.3, 0.4) is 0 Å². The van der Waals surface area contributed by atoms with E-state index in [2.05, 4.69) is 0 Å². The van der Waals surface area contributed by atoms with E-state index < -0.39 is 23.8 Å². The van der Waals surface area contributed by atoms with Crippen molar-refractivity contribution in [3.63, 3.8) is 0 Å². The normalized spacial score (nSPS) is 23.6. The molecule has 1 aliphatic carbocycles. The van der Waals surface area contributed by atoms with Gasteiger partial charge in [-0.3, -0.25) is 4.79 Å². The second-order valence-corrected chi connectivity index (χ2v) is 5.43. The molecule has 1 aliphatic rings. The van der Waals surface area contributed by atoms with Gasteiger partial charge in [-0.25, -0.2) is 4.39 Å². The van der Waals surface area contributed by atoms with Crippen molar-refractivity contribution in [2.24, 2.45) is 11.8 Å². The average Bonchev–Trinajstić information content (AvgIpc) is 2.40. The van der Waals surface area contributed by atoms with E-state index in [1.165, 1.54) is 12.1 Å². The van der Waals surface area contributed by atoms with Gasteiger partial charge in [0.1, 0.15) is 5.82 Å². The number of hydrogen-bond acceptors (Lipinski definition) is 1. The minimum atomic E-state index is -4.25. The maximum absolute atomic E-state index is 13.4. The summed E-state index contributed by atoms with van der Waals surface area (Å²) in [5.41, 5.74) is 0.583. The van der Waals surface area contributed by atoms with Gasteiger partial charge < -0.3 is 0 Å². The van der Waals surface area contributed by atoms with Crippen molar-refractivity contribution in [2.45, 2.75) is 38.8 Å². The molecule has 1 fully saturated rings. The number of benzene rings is 1. The summed E-state index contributed by atoms with van der Waals surface area (Å²) in [6, 6.07) is 4.08. The van der Waals surface area contributed by atoms with E-state index in [4.69, 9.17) is 0 Å². The van der Waals surface area contributed by atoms with Crippen molar-refractivity contribution in [1.29, 1.82) is 0 Å². The van der Waals surface area contributed by atoms with E-state index >= 15 is 0 Å². The van der Waals surface area contributed by atoms with E-state index in [0.717, 1.165) is 6.07 Å². The van der Waals surface area contributed by atoms with Crippen LogP contribution in [0.2, 0.25) is 0 Å². The molecule has 1 saturated carbocycles. The Bertz CT molecular complexity index is 507. The minimum Gasteiger partial charge on any atom is -0.294 e. The van der Waals surface area contributed by atoms with Gasteiger partial charge in [0.2, 0.25) is 0 Å². The third-order valence-electron chi connectivity index (χ3n) is 3.96. The Labute approximate surface area is 115 Å². The maximum atomic E-state index is 13.4. The van der Waals surface area contributed by atoms with Crippen molar-refractivity contribution in [2.75, 3.05) is 0 Å². The maximum Gasteiger partial charge on any atom is 0.391 e. The van der Waals surface area contributed by atoms with Crippen molar-refractivity contribution in [3.05, 3.63) is 35.1 Å². The summed E-state index contributed by atoms with van der Waals surface area (Å²) in [5, 5.41) is 0. The molecule has 0 heterocycles. The second-order valence-electron chi connectivity index (χ2n) is 5.43. The molecule has 2 atom stereocenters. The first-order valence-corrected chi connectivity index (χ1v) is 6.66. The zero-order valence-corrected chi connectivity index (χ0v) is 11.1. The van der Waals surface area contributed by atoms with Crippen LogP contribution in [-0.4, -0.2) is 12.0 Å². The van der Waals surface area contributed by atoms with E-state index in [-0.39, 0.29) is 24.2 Å². The van der Waals surface area contributed by atoms with E-state index in [0.29, 0.717) is 18.4 Å². The molecule has 0 spiro atoms. The lowest BCUT2D eigenvalue weighted by molar-refractivity contribution is -0.184. The Balaban J connectivity index is 2.14. The fraction of sp³-hybridized carbons (Fsp3) is 0.533. The average molecular weight is 288 g/mol. The smallest absolute Gasteiger partial charge is 0.294 e. The number of aryl methyl sites for hydroxylation is 1. The second kappa shape index (κ2) is 5.54. The van der Waals surface area contributed by atoms with Gasteiger partial charge >= 0.3 is 6.18 Å². The van der Waals surface area contributed by atoms with Crippen LogP contribution in [0, 0.1) is 24.6 Å². The quantitative estimate of drug-likeness (QED) is 0.570. The van der Waals surface area contributed by atoms with Gasteiger partial charge in [0.15, 0.2) is 5.78 Å². The molecular weight excluding hydrogens is 272 g/mol. The van der Waals surface area contributed by atoms with Crippen LogP contribution < -0.4 is 0 Å². The Morgan fingerprint density at radius 2 is 1.95 bits per heavy atom. The lowest BCUT2D eigenvalue weighted by Gasteiger charge is -2.29. The molecule has 0 radical (unpaired) electrons. The molecular formula is C15H16F4O. The van der Waals surface area contributed by atoms with E-state index in [9.17, 15) is 22.4 Å². The predicted octanol–water partition coefficient (Wildman–Crippen LogP) is 4.69. The van der Waals surface area contributed by atoms with Crippen LogP contribution >= 0.6 is 0 Å². The molecule has 1 nitrogen and oxygen atoms in total. The molecule has 0 amide bonds. The Morgan fingerprint density at radius 3 is 2.55 bits per heavy atom. The first kappa shape index (κ1) is 15.0. The molecule has 5 heteroatoms. The molecule has 0 aliphatic heterocycles. The van der Waals surface area contributed by atoms with Gasteiger partial charge in [0.25, 0.3) is 0 Å². The van der Waals surface area contributed by atoms with Crippen molar-refractivity contribution >= 4 is 5.78 Å². The first-order chi connectivity index (χ1) is 9.29. The van der Waals surface area contributed by atoms with Gasteiger partial charge in [-0.05, 0) is 37.8 Å². The molecule has 0 N–H and O–H groups in total. The molecule has 110 valence electrons. The first-order valence-electron chi connectivity index (χ1n) is 6.66. The summed E-state index contributed by atoms with van der Waals surface area (Å²) in [6.07, 6.45) is -3.53. The Morgan fingerprint density at radius 1 is 1.25 bits per heavy atom. The third-order valence-corrected chi connectivity index (χ3v) is 3.96. The molecule has 20 heavy (non-hydrogen) atoms. The number of alkyl halides is 3. The Kier molecular flexibility index (Phi) is 4.16. The topological polar surface area (TPSA) is 17.1 Å². The third kappa shape index (κ3) is 3.19. The van der Waals surface area contributed by atoms with Crippen molar-refractivity contribution in [3.8, 4) is 0 Å². The summed E-state index contributed by atoms with van der Waals surface area (Å²) in [5.74, 6) is -2.95. The molecule has 0 bridgehead atoms. The number of rotatable bonds is 2. The zero-order chi connectivity index (χ0) is 14.9. The molecule has 1 aromatic carbocycles. The fourth-order valence-corrected chi connectivity index (χ4v) is 2.71. The number of carbonyl (C=O) groups is 1. The molecule has 2 unspecified atom stereocenters. The summed E-state index contributed by atoms with van der Waals surface area (Å²) in [6.45, 7) is 1.57. The largest absolute Gasteiger partial charge is 0.391 e. The SMILES string of the molecule is Cc1ccc(C(=O)C2CCCC(C(F)(F)F)C2)cc1F. The number of halogens is 4. The van der Waals surface area contributed by atoms with Crippen LogP contribution in [-0.2, 0) is 0 Å². The molecule has 0 aromatic heterocycles. The van der Waals surface area contributed by atoms with E-state index in [1.807, 2.05) is 0 Å². The molecule has 1 aromatic rings. The number of hydrogen-bond donors (Lipinski definition) is 0. The summed E-state index contributed by atoms with van der Waals surface area (Å²) in [4.78, 5) is 12.2.